The van der Waals surface area contributed by atoms with Gasteiger partial charge in [0, 0.05) is 6.54 Å². The van der Waals surface area contributed by atoms with Gasteiger partial charge in [0.05, 0.1) is 13.2 Å². The van der Waals surface area contributed by atoms with Crippen LogP contribution in [0.15, 0.2) is 30.3 Å². The van der Waals surface area contributed by atoms with E-state index < -0.39 is 17.7 Å². The molecule has 0 aliphatic carbocycles. The number of alkyl carbamates (subject to hydrolysis) is 1. The second kappa shape index (κ2) is 10.0. The maximum atomic E-state index is 12.3. The maximum absolute atomic E-state index is 12.3. The molecule has 0 fully saturated rings. The molecule has 1 rings (SSSR count). The average Bonchev–Trinajstić information content (AvgIpc) is 2.51. The molecule has 0 saturated carbocycles. The lowest BCUT2D eigenvalue weighted by molar-refractivity contribution is -0.125. The van der Waals surface area contributed by atoms with Crippen molar-refractivity contribution in [3.05, 3.63) is 35.9 Å². The van der Waals surface area contributed by atoms with E-state index in [4.69, 9.17) is 9.47 Å². The van der Waals surface area contributed by atoms with Crippen molar-refractivity contribution < 1.29 is 19.1 Å². The first-order valence-electron chi connectivity index (χ1n) is 8.56. The summed E-state index contributed by atoms with van der Waals surface area (Å²) in [6, 6.07) is 8.84. The average molecular weight is 350 g/mol. The predicted octanol–water partition coefficient (Wildman–Crippen LogP) is 2.87. The van der Waals surface area contributed by atoms with E-state index in [9.17, 15) is 9.59 Å². The second-order valence-electron chi connectivity index (χ2n) is 7.34. The Balaban J connectivity index is 2.60. The van der Waals surface area contributed by atoms with E-state index in [1.54, 1.807) is 20.8 Å². The van der Waals surface area contributed by atoms with Crippen molar-refractivity contribution >= 4 is 12.0 Å². The molecule has 140 valence electrons. The summed E-state index contributed by atoms with van der Waals surface area (Å²) in [4.78, 5) is 24.3. The third kappa shape index (κ3) is 9.72. The van der Waals surface area contributed by atoms with Crippen LogP contribution in [0, 0.1) is 5.92 Å². The first-order valence-corrected chi connectivity index (χ1v) is 8.56. The Morgan fingerprint density at radius 3 is 2.32 bits per heavy atom. The van der Waals surface area contributed by atoms with Crippen LogP contribution in [0.1, 0.15) is 40.2 Å². The van der Waals surface area contributed by atoms with Gasteiger partial charge in [-0.15, -0.1) is 0 Å². The molecule has 1 atom stereocenters. The Kier molecular flexibility index (Phi) is 8.41. The monoisotopic (exact) mass is 350 g/mol. The Hall–Kier alpha value is -2.08. The fourth-order valence-corrected chi connectivity index (χ4v) is 1.93. The minimum Gasteiger partial charge on any atom is -0.444 e. The highest BCUT2D eigenvalue weighted by atomic mass is 16.6. The topological polar surface area (TPSA) is 76.7 Å². The standard InChI is InChI=1S/C19H30N2O4/c1-14(2)11-20-17(22)16(21-18(23)25-19(3,4)5)13-24-12-15-9-7-6-8-10-15/h6-10,14,16H,11-13H2,1-5H3,(H,20,22)(H,21,23)/t16-/m0/s1. The van der Waals surface area contributed by atoms with Crippen molar-refractivity contribution in [1.82, 2.24) is 10.6 Å². The molecule has 6 nitrogen and oxygen atoms in total. The molecule has 0 aliphatic heterocycles. The molecule has 0 bridgehead atoms. The SMILES string of the molecule is CC(C)CNC(=O)[C@H](COCc1ccccc1)NC(=O)OC(C)(C)C. The molecule has 0 heterocycles. The van der Waals surface area contributed by atoms with E-state index in [-0.39, 0.29) is 12.5 Å². The maximum Gasteiger partial charge on any atom is 0.408 e. The van der Waals surface area contributed by atoms with Gasteiger partial charge < -0.3 is 20.1 Å². The number of carbonyl (C=O) groups excluding carboxylic acids is 2. The highest BCUT2D eigenvalue weighted by Crippen LogP contribution is 2.07. The van der Waals surface area contributed by atoms with Gasteiger partial charge in [0.1, 0.15) is 11.6 Å². The zero-order chi connectivity index (χ0) is 18.9. The van der Waals surface area contributed by atoms with Gasteiger partial charge >= 0.3 is 6.09 Å². The highest BCUT2D eigenvalue weighted by Gasteiger charge is 2.24. The Bertz CT molecular complexity index is 538. The summed E-state index contributed by atoms with van der Waals surface area (Å²) in [5, 5.41) is 5.39. The molecular formula is C19H30N2O4. The summed E-state index contributed by atoms with van der Waals surface area (Å²) in [5.41, 5.74) is 0.370. The lowest BCUT2D eigenvalue weighted by atomic mass is 10.2. The van der Waals surface area contributed by atoms with Crippen LogP contribution in [-0.4, -0.2) is 36.8 Å². The Morgan fingerprint density at radius 2 is 1.76 bits per heavy atom. The number of ether oxygens (including phenoxy) is 2. The number of rotatable bonds is 8. The molecule has 6 heteroatoms. The lowest BCUT2D eigenvalue weighted by Crippen LogP contribution is -2.51. The van der Waals surface area contributed by atoms with Crippen LogP contribution in [0.2, 0.25) is 0 Å². The second-order valence-corrected chi connectivity index (χ2v) is 7.34. The normalized spacial score (nSPS) is 12.6. The fourth-order valence-electron chi connectivity index (χ4n) is 1.93. The number of benzene rings is 1. The van der Waals surface area contributed by atoms with Crippen LogP contribution < -0.4 is 10.6 Å². The third-order valence-corrected chi connectivity index (χ3v) is 3.09. The van der Waals surface area contributed by atoms with Crippen molar-refractivity contribution in [2.45, 2.75) is 52.9 Å². The first-order chi connectivity index (χ1) is 11.7. The molecule has 1 aromatic rings. The number of amides is 2. The number of hydrogen-bond donors (Lipinski definition) is 2. The zero-order valence-corrected chi connectivity index (χ0v) is 15.8. The summed E-state index contributed by atoms with van der Waals surface area (Å²) in [5.74, 6) is 0.0315. The Labute approximate surface area is 150 Å². The number of hydrogen-bond acceptors (Lipinski definition) is 4. The molecule has 0 aromatic heterocycles. The van der Waals surface area contributed by atoms with Gasteiger partial charge in [0.2, 0.25) is 5.91 Å². The van der Waals surface area contributed by atoms with Gasteiger partial charge in [0.15, 0.2) is 0 Å². The molecule has 0 unspecified atom stereocenters. The molecule has 0 spiro atoms. The number of carbonyl (C=O) groups is 2. The van der Waals surface area contributed by atoms with E-state index in [0.717, 1.165) is 5.56 Å². The largest absolute Gasteiger partial charge is 0.444 e. The van der Waals surface area contributed by atoms with E-state index >= 15 is 0 Å². The van der Waals surface area contributed by atoms with Crippen LogP contribution in [0.4, 0.5) is 4.79 Å². The minimum absolute atomic E-state index is 0.0675. The van der Waals surface area contributed by atoms with Crippen LogP contribution in [0.5, 0.6) is 0 Å². The van der Waals surface area contributed by atoms with Gasteiger partial charge in [0.25, 0.3) is 0 Å². The smallest absolute Gasteiger partial charge is 0.408 e. The van der Waals surface area contributed by atoms with Crippen molar-refractivity contribution in [3.8, 4) is 0 Å². The van der Waals surface area contributed by atoms with Gasteiger partial charge in [-0.3, -0.25) is 4.79 Å². The third-order valence-electron chi connectivity index (χ3n) is 3.09. The highest BCUT2D eigenvalue weighted by molar-refractivity contribution is 5.85. The van der Waals surface area contributed by atoms with Crippen LogP contribution in [0.3, 0.4) is 0 Å². The number of nitrogens with one attached hydrogen (secondary N) is 2. The molecule has 2 amide bonds. The summed E-state index contributed by atoms with van der Waals surface area (Å²) < 4.78 is 10.8. The molecule has 1 aromatic carbocycles. The predicted molar refractivity (Wildman–Crippen MR) is 97.1 cm³/mol. The van der Waals surface area contributed by atoms with Crippen LogP contribution in [-0.2, 0) is 20.9 Å². The van der Waals surface area contributed by atoms with Crippen molar-refractivity contribution in [2.75, 3.05) is 13.2 Å². The summed E-state index contributed by atoms with van der Waals surface area (Å²) >= 11 is 0. The van der Waals surface area contributed by atoms with E-state index in [1.165, 1.54) is 0 Å². The van der Waals surface area contributed by atoms with Crippen molar-refractivity contribution in [3.63, 3.8) is 0 Å². The van der Waals surface area contributed by atoms with Crippen LogP contribution in [0.25, 0.3) is 0 Å². The fraction of sp³-hybridized carbons (Fsp3) is 0.579. The zero-order valence-electron chi connectivity index (χ0n) is 15.8. The first kappa shape index (κ1) is 21.0. The van der Waals surface area contributed by atoms with E-state index in [0.29, 0.717) is 19.1 Å². The summed E-state index contributed by atoms with van der Waals surface area (Å²) in [6.45, 7) is 10.3. The van der Waals surface area contributed by atoms with E-state index in [1.807, 2.05) is 44.2 Å². The van der Waals surface area contributed by atoms with Crippen molar-refractivity contribution in [2.24, 2.45) is 5.92 Å². The summed E-state index contributed by atoms with van der Waals surface area (Å²) in [7, 11) is 0. The Morgan fingerprint density at radius 1 is 1.12 bits per heavy atom. The molecule has 2 N–H and O–H groups in total. The quantitative estimate of drug-likeness (QED) is 0.756. The molecular weight excluding hydrogens is 320 g/mol. The van der Waals surface area contributed by atoms with E-state index in [2.05, 4.69) is 10.6 Å². The molecule has 25 heavy (non-hydrogen) atoms. The lowest BCUT2D eigenvalue weighted by Gasteiger charge is -2.23. The van der Waals surface area contributed by atoms with Gasteiger partial charge in [-0.25, -0.2) is 4.79 Å². The van der Waals surface area contributed by atoms with Gasteiger partial charge in [-0.1, -0.05) is 44.2 Å². The molecule has 0 saturated heterocycles. The van der Waals surface area contributed by atoms with Gasteiger partial charge in [-0.05, 0) is 32.3 Å². The molecule has 0 radical (unpaired) electrons. The van der Waals surface area contributed by atoms with Crippen molar-refractivity contribution in [1.29, 1.82) is 0 Å². The minimum atomic E-state index is -0.808. The molecule has 0 aliphatic rings. The summed E-state index contributed by atoms with van der Waals surface area (Å²) in [6.07, 6.45) is -0.638. The van der Waals surface area contributed by atoms with Gasteiger partial charge in [-0.2, -0.15) is 0 Å². The van der Waals surface area contributed by atoms with Crippen LogP contribution >= 0.6 is 0 Å².